The van der Waals surface area contributed by atoms with Gasteiger partial charge in [0.2, 0.25) is 5.91 Å². The number of nitrogens with one attached hydrogen (secondary N) is 1. The van der Waals surface area contributed by atoms with Gasteiger partial charge in [-0.1, -0.05) is 12.1 Å². The molecule has 1 N–H and O–H groups in total. The first-order valence-electron chi connectivity index (χ1n) is 4.14. The summed E-state index contributed by atoms with van der Waals surface area (Å²) in [4.78, 5) is 11.5. The smallest absolute Gasteiger partial charge is 0.242 e. The van der Waals surface area contributed by atoms with Crippen LogP contribution in [0.5, 0.6) is 0 Å². The fourth-order valence-corrected chi connectivity index (χ4v) is 2.31. The van der Waals surface area contributed by atoms with Crippen molar-refractivity contribution in [2.45, 2.75) is 5.25 Å². The predicted molar refractivity (Wildman–Crippen MR) is 56.0 cm³/mol. The molecule has 2 rings (SSSR count). The molecular weight excluding hydrogens is 196 g/mol. The van der Waals surface area contributed by atoms with Gasteiger partial charge in [0, 0.05) is 0 Å². The van der Waals surface area contributed by atoms with Gasteiger partial charge in [0.05, 0.1) is 11.3 Å². The minimum Gasteiger partial charge on any atom is -0.323 e. The first kappa shape index (κ1) is 9.10. The lowest BCUT2D eigenvalue weighted by Gasteiger charge is -2.03. The highest BCUT2D eigenvalue weighted by Crippen LogP contribution is 2.40. The normalized spacial score (nSPS) is 18.6. The summed E-state index contributed by atoms with van der Waals surface area (Å²) in [6, 6.07) is 7.47. The molecule has 0 aliphatic carbocycles. The summed E-state index contributed by atoms with van der Waals surface area (Å²) in [5.74, 6) is -0.0322. The summed E-state index contributed by atoms with van der Waals surface area (Å²) in [5, 5.41) is 11.4. The second-order valence-corrected chi connectivity index (χ2v) is 3.93. The molecule has 14 heavy (non-hydrogen) atoms. The quantitative estimate of drug-likeness (QED) is 0.760. The molecule has 0 unspecified atom stereocenters. The molecule has 0 fully saturated rings. The fraction of sp³-hybridized carbons (Fsp3) is 0.200. The summed E-state index contributed by atoms with van der Waals surface area (Å²) < 4.78 is 0. The molecule has 1 aromatic carbocycles. The topological polar surface area (TPSA) is 52.9 Å². The summed E-state index contributed by atoms with van der Waals surface area (Å²) in [7, 11) is 0. The lowest BCUT2D eigenvalue weighted by atomic mass is 10.1. The third kappa shape index (κ3) is 1.17. The van der Waals surface area contributed by atoms with E-state index in [1.807, 2.05) is 12.3 Å². The highest BCUT2D eigenvalue weighted by Gasteiger charge is 2.31. The molecule has 70 valence electrons. The maximum absolute atomic E-state index is 11.5. The van der Waals surface area contributed by atoms with E-state index < -0.39 is 0 Å². The SMILES string of the molecule is CS[C@H]1C(=O)Nc2c(C#N)cccc21. The number of para-hydroxylation sites is 1. The standard InChI is InChI=1S/C10H8N2OS/c1-14-9-7-4-2-3-6(5-11)8(7)12-10(9)13/h2-4,9H,1H3,(H,12,13)/t9-/m1/s1. The molecule has 1 aliphatic heterocycles. The minimum atomic E-state index is -0.168. The van der Waals surface area contributed by atoms with E-state index in [1.165, 1.54) is 11.8 Å². The maximum Gasteiger partial charge on any atom is 0.242 e. The number of thioether (sulfide) groups is 1. The lowest BCUT2D eigenvalue weighted by molar-refractivity contribution is -0.115. The third-order valence-corrected chi connectivity index (χ3v) is 3.16. The third-order valence-electron chi connectivity index (χ3n) is 2.22. The van der Waals surface area contributed by atoms with Crippen LogP contribution in [-0.4, -0.2) is 12.2 Å². The van der Waals surface area contributed by atoms with Crippen LogP contribution in [0.15, 0.2) is 18.2 Å². The monoisotopic (exact) mass is 204 g/mol. The number of hydrogen-bond donors (Lipinski definition) is 1. The van der Waals surface area contributed by atoms with E-state index in [0.717, 1.165) is 5.56 Å². The Hall–Kier alpha value is -1.47. The van der Waals surface area contributed by atoms with Gasteiger partial charge in [-0.3, -0.25) is 4.79 Å². The van der Waals surface area contributed by atoms with Gasteiger partial charge in [0.15, 0.2) is 0 Å². The first-order chi connectivity index (χ1) is 6.77. The van der Waals surface area contributed by atoms with E-state index >= 15 is 0 Å². The summed E-state index contributed by atoms with van der Waals surface area (Å²) in [5.41, 5.74) is 2.13. The molecule has 1 atom stereocenters. The van der Waals surface area contributed by atoms with Crippen LogP contribution in [0, 0.1) is 11.3 Å². The van der Waals surface area contributed by atoms with Gasteiger partial charge in [-0.2, -0.15) is 5.26 Å². The Bertz CT molecular complexity index is 436. The van der Waals surface area contributed by atoms with E-state index in [1.54, 1.807) is 12.1 Å². The van der Waals surface area contributed by atoms with Gasteiger partial charge in [-0.25, -0.2) is 0 Å². The van der Waals surface area contributed by atoms with Gasteiger partial charge in [-0.05, 0) is 17.9 Å². The molecule has 0 aromatic heterocycles. The number of rotatable bonds is 1. The van der Waals surface area contributed by atoms with Crippen molar-refractivity contribution >= 4 is 23.4 Å². The lowest BCUT2D eigenvalue weighted by Crippen LogP contribution is -2.08. The highest BCUT2D eigenvalue weighted by molar-refractivity contribution is 7.99. The Morgan fingerprint density at radius 1 is 1.57 bits per heavy atom. The van der Waals surface area contributed by atoms with E-state index in [-0.39, 0.29) is 11.2 Å². The van der Waals surface area contributed by atoms with Gasteiger partial charge < -0.3 is 5.32 Å². The zero-order chi connectivity index (χ0) is 10.1. The molecule has 4 heteroatoms. The van der Waals surface area contributed by atoms with Gasteiger partial charge >= 0.3 is 0 Å². The number of carbonyl (C=O) groups is 1. The second-order valence-electron chi connectivity index (χ2n) is 2.99. The summed E-state index contributed by atoms with van der Waals surface area (Å²) >= 11 is 1.48. The fourth-order valence-electron chi connectivity index (χ4n) is 1.59. The van der Waals surface area contributed by atoms with E-state index in [0.29, 0.717) is 11.3 Å². The number of fused-ring (bicyclic) bond motifs is 1. The van der Waals surface area contributed by atoms with Crippen molar-refractivity contribution in [1.82, 2.24) is 0 Å². The van der Waals surface area contributed by atoms with Crippen LogP contribution in [0.25, 0.3) is 0 Å². The molecule has 1 aromatic rings. The minimum absolute atomic E-state index is 0.0322. The van der Waals surface area contributed by atoms with Crippen LogP contribution in [0.4, 0.5) is 5.69 Å². The molecule has 1 aliphatic rings. The van der Waals surface area contributed by atoms with E-state index in [2.05, 4.69) is 11.4 Å². The second kappa shape index (κ2) is 3.35. The van der Waals surface area contributed by atoms with E-state index in [9.17, 15) is 4.79 Å². The first-order valence-corrected chi connectivity index (χ1v) is 5.43. The summed E-state index contributed by atoms with van der Waals surface area (Å²) in [6.45, 7) is 0. The molecule has 0 saturated carbocycles. The Kier molecular flexibility index (Phi) is 2.18. The van der Waals surface area contributed by atoms with Gasteiger partial charge in [0.1, 0.15) is 11.3 Å². The van der Waals surface area contributed by atoms with Crippen LogP contribution in [0.3, 0.4) is 0 Å². The number of hydrogen-bond acceptors (Lipinski definition) is 3. The molecule has 0 spiro atoms. The van der Waals surface area contributed by atoms with Crippen LogP contribution in [0.2, 0.25) is 0 Å². The van der Waals surface area contributed by atoms with Crippen molar-refractivity contribution in [2.24, 2.45) is 0 Å². The van der Waals surface area contributed by atoms with Crippen molar-refractivity contribution in [1.29, 1.82) is 5.26 Å². The Morgan fingerprint density at radius 2 is 2.36 bits per heavy atom. The molecule has 3 nitrogen and oxygen atoms in total. The number of carbonyl (C=O) groups excluding carboxylic acids is 1. The Morgan fingerprint density at radius 3 is 3.00 bits per heavy atom. The zero-order valence-corrected chi connectivity index (χ0v) is 8.39. The highest BCUT2D eigenvalue weighted by atomic mass is 32.2. The number of nitrogens with zero attached hydrogens (tertiary/aromatic N) is 1. The van der Waals surface area contributed by atoms with Crippen LogP contribution in [0.1, 0.15) is 16.4 Å². The number of benzene rings is 1. The summed E-state index contributed by atoms with van der Waals surface area (Å²) in [6.07, 6.45) is 1.89. The maximum atomic E-state index is 11.5. The van der Waals surface area contributed by atoms with Crippen molar-refractivity contribution < 1.29 is 4.79 Å². The molecule has 1 heterocycles. The molecular formula is C10H8N2OS. The predicted octanol–water partition coefficient (Wildman–Crippen LogP) is 1.91. The average molecular weight is 204 g/mol. The molecule has 0 bridgehead atoms. The Balaban J connectivity index is 2.58. The van der Waals surface area contributed by atoms with Crippen molar-refractivity contribution in [3.8, 4) is 6.07 Å². The number of amides is 1. The largest absolute Gasteiger partial charge is 0.323 e. The van der Waals surface area contributed by atoms with E-state index in [4.69, 9.17) is 5.26 Å². The van der Waals surface area contributed by atoms with Gasteiger partial charge in [-0.15, -0.1) is 11.8 Å². The number of nitriles is 1. The number of anilines is 1. The Labute approximate surface area is 86.1 Å². The zero-order valence-electron chi connectivity index (χ0n) is 7.57. The van der Waals surface area contributed by atoms with Crippen molar-refractivity contribution in [3.63, 3.8) is 0 Å². The van der Waals surface area contributed by atoms with Crippen LogP contribution < -0.4 is 5.32 Å². The van der Waals surface area contributed by atoms with Crippen molar-refractivity contribution in [3.05, 3.63) is 29.3 Å². The van der Waals surface area contributed by atoms with Gasteiger partial charge in [0.25, 0.3) is 0 Å². The molecule has 1 amide bonds. The molecule has 0 saturated heterocycles. The average Bonchev–Trinajstić information content (AvgIpc) is 2.52. The van der Waals surface area contributed by atoms with Crippen LogP contribution >= 0.6 is 11.8 Å². The van der Waals surface area contributed by atoms with Crippen molar-refractivity contribution in [2.75, 3.05) is 11.6 Å². The van der Waals surface area contributed by atoms with Crippen LogP contribution in [-0.2, 0) is 4.79 Å². The molecule has 0 radical (unpaired) electrons.